The number of hydrogen-bond donors (Lipinski definition) is 0. The monoisotopic (exact) mass is 430 g/mol. The molecule has 0 fully saturated rings. The highest BCUT2D eigenvalue weighted by Crippen LogP contribution is 2.38. The lowest BCUT2D eigenvalue weighted by Crippen LogP contribution is -2.34. The first-order chi connectivity index (χ1) is 14.8. The number of likely N-dealkylation sites (N-methyl/N-ethyl adjacent to an activating group) is 1. The number of nitrogens with zero attached hydrogens (tertiary/aromatic N) is 2. The molecule has 3 aromatic carbocycles. The number of aryl methyl sites for hydroxylation is 3. The van der Waals surface area contributed by atoms with Crippen LogP contribution in [0.5, 0.6) is 0 Å². The van der Waals surface area contributed by atoms with E-state index in [1.165, 1.54) is 4.90 Å². The fourth-order valence-electron chi connectivity index (χ4n) is 3.90. The Morgan fingerprint density at radius 3 is 2.16 bits per heavy atom. The summed E-state index contributed by atoms with van der Waals surface area (Å²) < 4.78 is 0. The maximum Gasteiger partial charge on any atom is 0.282 e. The molecule has 0 atom stereocenters. The van der Waals surface area contributed by atoms with Crippen LogP contribution in [-0.4, -0.2) is 18.9 Å². The van der Waals surface area contributed by atoms with Gasteiger partial charge in [0, 0.05) is 17.8 Å². The largest absolute Gasteiger partial charge is 0.339 e. The van der Waals surface area contributed by atoms with Gasteiger partial charge >= 0.3 is 0 Å². The molecule has 0 radical (unpaired) electrons. The molecular formula is C26H23ClN2O2. The van der Waals surface area contributed by atoms with Crippen molar-refractivity contribution in [1.82, 2.24) is 0 Å². The fourth-order valence-corrected chi connectivity index (χ4v) is 4.08. The molecule has 5 heteroatoms. The van der Waals surface area contributed by atoms with Crippen LogP contribution in [-0.2, 0) is 9.59 Å². The van der Waals surface area contributed by atoms with E-state index in [2.05, 4.69) is 0 Å². The summed E-state index contributed by atoms with van der Waals surface area (Å²) in [5, 5.41) is 0.510. The molecule has 3 aromatic rings. The summed E-state index contributed by atoms with van der Waals surface area (Å²) in [7, 11) is 1.81. The minimum atomic E-state index is -0.369. The van der Waals surface area contributed by atoms with Crippen LogP contribution in [0.1, 0.15) is 22.3 Å². The second-order valence-electron chi connectivity index (χ2n) is 7.82. The number of amides is 2. The lowest BCUT2D eigenvalue weighted by Gasteiger charge is -2.22. The quantitative estimate of drug-likeness (QED) is 0.499. The van der Waals surface area contributed by atoms with E-state index in [9.17, 15) is 9.59 Å². The predicted molar refractivity (Wildman–Crippen MR) is 126 cm³/mol. The van der Waals surface area contributed by atoms with Crippen molar-refractivity contribution in [2.45, 2.75) is 20.8 Å². The molecule has 1 aliphatic heterocycles. The Bertz CT molecular complexity index is 1230. The van der Waals surface area contributed by atoms with Crippen molar-refractivity contribution in [3.8, 4) is 0 Å². The maximum absolute atomic E-state index is 13.7. The van der Waals surface area contributed by atoms with Crippen molar-refractivity contribution in [1.29, 1.82) is 0 Å². The number of para-hydroxylation sites is 1. The van der Waals surface area contributed by atoms with E-state index in [4.69, 9.17) is 11.6 Å². The van der Waals surface area contributed by atoms with Crippen molar-refractivity contribution in [2.75, 3.05) is 16.8 Å². The van der Waals surface area contributed by atoms with Gasteiger partial charge in [-0.3, -0.25) is 9.59 Å². The highest BCUT2D eigenvalue weighted by atomic mass is 35.5. The van der Waals surface area contributed by atoms with Crippen LogP contribution in [0.25, 0.3) is 5.57 Å². The Kier molecular flexibility index (Phi) is 5.42. The van der Waals surface area contributed by atoms with E-state index in [0.29, 0.717) is 22.0 Å². The number of rotatable bonds is 4. The van der Waals surface area contributed by atoms with Gasteiger partial charge in [0.2, 0.25) is 0 Å². The number of anilines is 2. The SMILES string of the molecule is Cc1ccc(C2=C(N(C)c3ccccc3)C(=O)N(c3ccc(C)c(Cl)c3)C2=O)c(C)c1. The lowest BCUT2D eigenvalue weighted by molar-refractivity contribution is -0.120. The summed E-state index contributed by atoms with van der Waals surface area (Å²) in [5.41, 5.74) is 5.70. The van der Waals surface area contributed by atoms with Crippen molar-refractivity contribution < 1.29 is 9.59 Å². The van der Waals surface area contributed by atoms with Crippen LogP contribution in [0.2, 0.25) is 5.02 Å². The number of hydrogen-bond acceptors (Lipinski definition) is 3. The highest BCUT2D eigenvalue weighted by Gasteiger charge is 2.42. The lowest BCUT2D eigenvalue weighted by atomic mass is 9.97. The molecule has 156 valence electrons. The Morgan fingerprint density at radius 1 is 0.806 bits per heavy atom. The minimum Gasteiger partial charge on any atom is -0.339 e. The zero-order valence-corrected chi connectivity index (χ0v) is 18.7. The second-order valence-corrected chi connectivity index (χ2v) is 8.22. The first kappa shape index (κ1) is 20.9. The van der Waals surface area contributed by atoms with Crippen LogP contribution >= 0.6 is 11.6 Å². The average molecular weight is 431 g/mol. The van der Waals surface area contributed by atoms with Crippen molar-refractivity contribution >= 4 is 40.4 Å². The number of imide groups is 1. The molecule has 0 unspecified atom stereocenters. The van der Waals surface area contributed by atoms with Crippen LogP contribution < -0.4 is 9.80 Å². The zero-order valence-electron chi connectivity index (χ0n) is 17.9. The second kappa shape index (κ2) is 8.05. The van der Waals surface area contributed by atoms with Gasteiger partial charge in [-0.2, -0.15) is 0 Å². The van der Waals surface area contributed by atoms with Gasteiger partial charge in [0.25, 0.3) is 11.8 Å². The zero-order chi connectivity index (χ0) is 22.3. The summed E-state index contributed by atoms with van der Waals surface area (Å²) in [6, 6.07) is 20.7. The number of halogens is 1. The molecule has 31 heavy (non-hydrogen) atoms. The normalized spacial score (nSPS) is 13.9. The molecule has 0 saturated carbocycles. The molecule has 0 spiro atoms. The van der Waals surface area contributed by atoms with E-state index < -0.39 is 0 Å². The Balaban J connectivity index is 1.92. The third-order valence-electron chi connectivity index (χ3n) is 5.60. The molecule has 0 saturated heterocycles. The molecule has 0 bridgehead atoms. The van der Waals surface area contributed by atoms with Crippen LogP contribution in [0.15, 0.2) is 72.4 Å². The van der Waals surface area contributed by atoms with Gasteiger partial charge < -0.3 is 4.90 Å². The molecule has 0 aromatic heterocycles. The molecule has 0 N–H and O–H groups in total. The van der Waals surface area contributed by atoms with Gasteiger partial charge in [-0.1, -0.05) is 59.6 Å². The standard InChI is InChI=1S/C26H23ClN2O2/c1-16-10-13-21(18(3)14-16)23-24(28(4)19-8-6-5-7-9-19)26(31)29(25(23)30)20-12-11-17(2)22(27)15-20/h5-15H,1-4H3. The van der Waals surface area contributed by atoms with Gasteiger partial charge in [-0.25, -0.2) is 4.90 Å². The first-order valence-corrected chi connectivity index (χ1v) is 10.4. The van der Waals surface area contributed by atoms with E-state index in [1.807, 2.05) is 82.4 Å². The first-order valence-electron chi connectivity index (χ1n) is 10.0. The van der Waals surface area contributed by atoms with Gasteiger partial charge in [0.15, 0.2) is 0 Å². The average Bonchev–Trinajstić information content (AvgIpc) is 3.00. The third-order valence-corrected chi connectivity index (χ3v) is 6.01. The van der Waals surface area contributed by atoms with E-state index in [0.717, 1.165) is 27.9 Å². The van der Waals surface area contributed by atoms with Crippen LogP contribution in [0.4, 0.5) is 11.4 Å². The maximum atomic E-state index is 13.7. The number of carbonyl (C=O) groups is 2. The molecule has 2 amide bonds. The van der Waals surface area contributed by atoms with E-state index >= 15 is 0 Å². The molecule has 1 aliphatic rings. The van der Waals surface area contributed by atoms with Crippen LogP contribution in [0, 0.1) is 20.8 Å². The molecular weight excluding hydrogens is 408 g/mol. The number of carbonyl (C=O) groups excluding carboxylic acids is 2. The van der Waals surface area contributed by atoms with E-state index in [1.54, 1.807) is 17.0 Å². The topological polar surface area (TPSA) is 40.6 Å². The molecule has 1 heterocycles. The Hall–Kier alpha value is -3.37. The summed E-state index contributed by atoms with van der Waals surface area (Å²) in [5.74, 6) is -0.721. The summed E-state index contributed by atoms with van der Waals surface area (Å²) in [6.45, 7) is 5.84. The smallest absolute Gasteiger partial charge is 0.282 e. The van der Waals surface area contributed by atoms with Gasteiger partial charge in [-0.15, -0.1) is 0 Å². The molecule has 4 nitrogen and oxygen atoms in total. The Morgan fingerprint density at radius 2 is 1.52 bits per heavy atom. The van der Waals surface area contributed by atoms with E-state index in [-0.39, 0.29) is 11.8 Å². The molecule has 0 aliphatic carbocycles. The highest BCUT2D eigenvalue weighted by molar-refractivity contribution is 6.46. The Labute approximate surface area is 187 Å². The summed E-state index contributed by atoms with van der Waals surface area (Å²) in [4.78, 5) is 30.3. The molecule has 4 rings (SSSR count). The van der Waals surface area contributed by atoms with Gasteiger partial charge in [0.05, 0.1) is 11.3 Å². The minimum absolute atomic E-state index is 0.347. The number of benzene rings is 3. The fraction of sp³-hybridized carbons (Fsp3) is 0.154. The van der Waals surface area contributed by atoms with Gasteiger partial charge in [0.1, 0.15) is 5.70 Å². The van der Waals surface area contributed by atoms with Crippen molar-refractivity contribution in [3.05, 3.63) is 99.7 Å². The summed E-state index contributed by atoms with van der Waals surface area (Å²) in [6.07, 6.45) is 0. The third kappa shape index (κ3) is 3.64. The van der Waals surface area contributed by atoms with Crippen LogP contribution in [0.3, 0.4) is 0 Å². The van der Waals surface area contributed by atoms with Gasteiger partial charge in [-0.05, 0) is 61.7 Å². The van der Waals surface area contributed by atoms with Crippen molar-refractivity contribution in [2.24, 2.45) is 0 Å². The summed E-state index contributed by atoms with van der Waals surface area (Å²) >= 11 is 6.31. The predicted octanol–water partition coefficient (Wildman–Crippen LogP) is 5.69. The van der Waals surface area contributed by atoms with Crippen molar-refractivity contribution in [3.63, 3.8) is 0 Å².